The van der Waals surface area contributed by atoms with Crippen molar-refractivity contribution < 1.29 is 4.79 Å². The van der Waals surface area contributed by atoms with Crippen molar-refractivity contribution in [3.63, 3.8) is 0 Å². The SMILES string of the molecule is O=C1CCC(NCCn2[nH]c(=O)c3ccccc3c2=O)CCN1CC1CC1. The summed E-state index contributed by atoms with van der Waals surface area (Å²) in [5.74, 6) is 0.983. The van der Waals surface area contributed by atoms with E-state index in [2.05, 4.69) is 10.4 Å². The summed E-state index contributed by atoms with van der Waals surface area (Å²) in [6.45, 7) is 2.70. The highest BCUT2D eigenvalue weighted by Gasteiger charge is 2.29. The molecule has 7 heteroatoms. The van der Waals surface area contributed by atoms with Gasteiger partial charge in [0.1, 0.15) is 0 Å². The fourth-order valence-corrected chi connectivity index (χ4v) is 3.83. The van der Waals surface area contributed by atoms with Crippen LogP contribution in [-0.2, 0) is 11.3 Å². The van der Waals surface area contributed by atoms with Crippen LogP contribution in [-0.4, -0.2) is 46.3 Å². The number of hydrogen-bond acceptors (Lipinski definition) is 4. The molecule has 2 aromatic rings. The van der Waals surface area contributed by atoms with Crippen LogP contribution in [0.4, 0.5) is 0 Å². The van der Waals surface area contributed by atoms with Crippen LogP contribution in [0.1, 0.15) is 32.1 Å². The maximum absolute atomic E-state index is 12.5. The third-order valence-electron chi connectivity index (χ3n) is 5.63. The van der Waals surface area contributed by atoms with Gasteiger partial charge in [-0.2, -0.15) is 0 Å². The maximum atomic E-state index is 12.5. The molecule has 1 aromatic carbocycles. The van der Waals surface area contributed by atoms with E-state index in [-0.39, 0.29) is 23.1 Å². The van der Waals surface area contributed by atoms with Gasteiger partial charge >= 0.3 is 0 Å². The molecule has 1 saturated heterocycles. The first kappa shape index (κ1) is 18.0. The van der Waals surface area contributed by atoms with Crippen molar-refractivity contribution >= 4 is 16.7 Å². The molecular weight excluding hydrogens is 344 g/mol. The largest absolute Gasteiger partial charge is 0.342 e. The van der Waals surface area contributed by atoms with E-state index in [1.165, 1.54) is 17.5 Å². The molecule has 1 amide bonds. The molecule has 1 unspecified atom stereocenters. The van der Waals surface area contributed by atoms with Crippen LogP contribution in [0.3, 0.4) is 0 Å². The first-order chi connectivity index (χ1) is 13.1. The van der Waals surface area contributed by atoms with Crippen molar-refractivity contribution in [2.24, 2.45) is 5.92 Å². The van der Waals surface area contributed by atoms with Gasteiger partial charge in [-0.25, -0.2) is 4.68 Å². The molecule has 1 aromatic heterocycles. The van der Waals surface area contributed by atoms with Crippen molar-refractivity contribution in [1.82, 2.24) is 20.0 Å². The Labute approximate surface area is 157 Å². The van der Waals surface area contributed by atoms with Crippen molar-refractivity contribution in [3.05, 3.63) is 45.0 Å². The Morgan fingerprint density at radius 1 is 1.04 bits per heavy atom. The zero-order chi connectivity index (χ0) is 18.8. The lowest BCUT2D eigenvalue weighted by Crippen LogP contribution is -2.37. The van der Waals surface area contributed by atoms with Crippen LogP contribution in [0.2, 0.25) is 0 Å². The van der Waals surface area contributed by atoms with Gasteiger partial charge in [0.15, 0.2) is 0 Å². The minimum atomic E-state index is -0.249. The minimum absolute atomic E-state index is 0.182. The molecule has 27 heavy (non-hydrogen) atoms. The van der Waals surface area contributed by atoms with E-state index in [9.17, 15) is 14.4 Å². The maximum Gasteiger partial charge on any atom is 0.273 e. The molecule has 2 heterocycles. The zero-order valence-corrected chi connectivity index (χ0v) is 15.4. The monoisotopic (exact) mass is 370 g/mol. The standard InChI is InChI=1S/C20H26N4O3/c25-18-8-7-15(9-11-23(18)13-14-5-6-14)21-10-12-24-20(27)17-4-2-1-3-16(17)19(26)22-24/h1-4,14-15,21H,5-13H2,(H,22,26). The summed E-state index contributed by atoms with van der Waals surface area (Å²) >= 11 is 0. The van der Waals surface area contributed by atoms with Gasteiger partial charge in [-0.15, -0.1) is 0 Å². The van der Waals surface area contributed by atoms with Gasteiger partial charge < -0.3 is 10.2 Å². The second-order valence-electron chi connectivity index (χ2n) is 7.70. The van der Waals surface area contributed by atoms with Crippen LogP contribution >= 0.6 is 0 Å². The molecule has 7 nitrogen and oxygen atoms in total. The minimum Gasteiger partial charge on any atom is -0.342 e. The zero-order valence-electron chi connectivity index (χ0n) is 15.4. The fraction of sp³-hybridized carbons (Fsp3) is 0.550. The van der Waals surface area contributed by atoms with E-state index in [0.29, 0.717) is 30.3 Å². The molecule has 2 aliphatic rings. The third kappa shape index (κ3) is 4.13. The lowest BCUT2D eigenvalue weighted by molar-refractivity contribution is -0.130. The molecule has 1 saturated carbocycles. The molecule has 1 atom stereocenters. The fourth-order valence-electron chi connectivity index (χ4n) is 3.83. The quantitative estimate of drug-likeness (QED) is 0.796. The highest BCUT2D eigenvalue weighted by molar-refractivity contribution is 5.80. The summed E-state index contributed by atoms with van der Waals surface area (Å²) in [5, 5.41) is 6.97. The number of hydrogen-bond donors (Lipinski definition) is 2. The van der Waals surface area contributed by atoms with Gasteiger partial charge in [-0.05, 0) is 43.7 Å². The van der Waals surface area contributed by atoms with E-state index >= 15 is 0 Å². The normalized spacial score (nSPS) is 20.8. The van der Waals surface area contributed by atoms with Crippen molar-refractivity contribution in [1.29, 1.82) is 0 Å². The first-order valence-electron chi connectivity index (χ1n) is 9.85. The topological polar surface area (TPSA) is 87.2 Å². The second kappa shape index (κ2) is 7.68. The highest BCUT2D eigenvalue weighted by Crippen LogP contribution is 2.30. The van der Waals surface area contributed by atoms with Gasteiger partial charge in [0, 0.05) is 32.1 Å². The molecule has 2 fully saturated rings. The summed E-state index contributed by atoms with van der Waals surface area (Å²) < 4.78 is 1.37. The van der Waals surface area contributed by atoms with Gasteiger partial charge in [0.25, 0.3) is 11.1 Å². The van der Waals surface area contributed by atoms with E-state index < -0.39 is 0 Å². The van der Waals surface area contributed by atoms with E-state index in [1.807, 2.05) is 4.90 Å². The summed E-state index contributed by atoms with van der Waals surface area (Å²) in [6.07, 6.45) is 4.84. The summed E-state index contributed by atoms with van der Waals surface area (Å²) in [5.41, 5.74) is -0.431. The Morgan fingerprint density at radius 3 is 2.59 bits per heavy atom. The number of nitrogens with zero attached hydrogens (tertiary/aromatic N) is 2. The van der Waals surface area contributed by atoms with Crippen LogP contribution in [0, 0.1) is 5.92 Å². The number of nitrogens with one attached hydrogen (secondary N) is 2. The second-order valence-corrected chi connectivity index (χ2v) is 7.70. The first-order valence-corrected chi connectivity index (χ1v) is 9.85. The van der Waals surface area contributed by atoms with Gasteiger partial charge in [0.2, 0.25) is 5.91 Å². The van der Waals surface area contributed by atoms with Gasteiger partial charge in [-0.1, -0.05) is 12.1 Å². The Kier molecular flexibility index (Phi) is 5.11. The predicted octanol–water partition coefficient (Wildman–Crippen LogP) is 1.07. The molecule has 4 rings (SSSR count). The summed E-state index contributed by atoms with van der Waals surface area (Å²) in [6, 6.07) is 7.13. The average Bonchev–Trinajstić information content (AvgIpc) is 3.51. The highest BCUT2D eigenvalue weighted by atomic mass is 16.2. The van der Waals surface area contributed by atoms with Crippen molar-refractivity contribution in [3.8, 4) is 0 Å². The Bertz CT molecular complexity index is 944. The van der Waals surface area contributed by atoms with E-state index in [4.69, 9.17) is 0 Å². The number of likely N-dealkylation sites (tertiary alicyclic amines) is 1. The Hall–Kier alpha value is -2.41. The molecule has 0 spiro atoms. The van der Waals surface area contributed by atoms with Crippen LogP contribution in [0.25, 0.3) is 10.8 Å². The van der Waals surface area contributed by atoms with E-state index in [1.54, 1.807) is 24.3 Å². The van der Waals surface area contributed by atoms with Crippen molar-refractivity contribution in [2.75, 3.05) is 19.6 Å². The number of fused-ring (bicyclic) bond motifs is 1. The number of rotatable bonds is 6. The molecule has 0 bridgehead atoms. The molecule has 1 aliphatic carbocycles. The Morgan fingerprint density at radius 2 is 1.81 bits per heavy atom. The van der Waals surface area contributed by atoms with Crippen LogP contribution in [0.15, 0.2) is 33.9 Å². The number of carbonyl (C=O) groups is 1. The van der Waals surface area contributed by atoms with Crippen molar-refractivity contribution in [2.45, 2.75) is 44.7 Å². The Balaban J connectivity index is 1.35. The smallest absolute Gasteiger partial charge is 0.273 e. The molecule has 2 N–H and O–H groups in total. The third-order valence-corrected chi connectivity index (χ3v) is 5.63. The lowest BCUT2D eigenvalue weighted by atomic mass is 10.1. The number of benzene rings is 1. The number of carbonyl (C=O) groups excluding carboxylic acids is 1. The molecular formula is C20H26N4O3. The van der Waals surface area contributed by atoms with Crippen LogP contribution in [0.5, 0.6) is 0 Å². The van der Waals surface area contributed by atoms with Gasteiger partial charge in [-0.3, -0.25) is 19.5 Å². The predicted molar refractivity (Wildman–Crippen MR) is 104 cm³/mol. The lowest BCUT2D eigenvalue weighted by Gasteiger charge is -2.21. The van der Waals surface area contributed by atoms with Crippen LogP contribution < -0.4 is 16.4 Å². The summed E-state index contributed by atoms with van der Waals surface area (Å²) in [7, 11) is 0. The summed E-state index contributed by atoms with van der Waals surface area (Å²) in [4.78, 5) is 38.9. The number of amides is 1. The average molecular weight is 370 g/mol. The molecule has 0 radical (unpaired) electrons. The number of aromatic amines is 1. The van der Waals surface area contributed by atoms with E-state index in [0.717, 1.165) is 31.8 Å². The molecule has 144 valence electrons. The molecule has 1 aliphatic heterocycles. The number of aromatic nitrogens is 2. The number of H-pyrrole nitrogens is 1. The van der Waals surface area contributed by atoms with Gasteiger partial charge in [0.05, 0.1) is 17.3 Å².